The lowest BCUT2D eigenvalue weighted by atomic mass is 9.84. The molecule has 7 rings (SSSR count). The highest BCUT2D eigenvalue weighted by Crippen LogP contribution is 2.57. The van der Waals surface area contributed by atoms with Crippen molar-refractivity contribution in [2.24, 2.45) is 13.0 Å². The lowest BCUT2D eigenvalue weighted by Gasteiger charge is -2.24. The summed E-state index contributed by atoms with van der Waals surface area (Å²) in [5.41, 5.74) is -1.12. The molecule has 5 aromatic rings. The van der Waals surface area contributed by atoms with Crippen molar-refractivity contribution >= 4 is 55.9 Å². The van der Waals surface area contributed by atoms with Crippen molar-refractivity contribution in [1.82, 2.24) is 29.9 Å². The second-order valence-electron chi connectivity index (χ2n) is 12.3. The summed E-state index contributed by atoms with van der Waals surface area (Å²) in [7, 11) is -2.28. The van der Waals surface area contributed by atoms with Gasteiger partial charge in [-0.25, -0.2) is 31.0 Å². The van der Waals surface area contributed by atoms with E-state index in [1.807, 2.05) is 0 Å². The van der Waals surface area contributed by atoms with Crippen LogP contribution in [-0.2, 0) is 40.8 Å². The van der Waals surface area contributed by atoms with Crippen LogP contribution in [0.5, 0.6) is 0 Å². The van der Waals surface area contributed by atoms with Crippen LogP contribution < -0.4 is 10.0 Å². The summed E-state index contributed by atoms with van der Waals surface area (Å²) in [5.74, 6) is -4.48. The van der Waals surface area contributed by atoms with Gasteiger partial charge in [-0.1, -0.05) is 41.1 Å². The number of anilines is 1. The fraction of sp³-hybridized carbons (Fsp3) is 0.273. The molecule has 52 heavy (non-hydrogen) atoms. The van der Waals surface area contributed by atoms with Gasteiger partial charge in [0.2, 0.25) is 15.9 Å². The zero-order chi connectivity index (χ0) is 37.4. The number of rotatable bonds is 10. The molecule has 2 aromatic carbocycles. The highest BCUT2D eigenvalue weighted by molar-refractivity contribution is 7.92. The van der Waals surface area contributed by atoms with E-state index >= 15 is 8.78 Å². The fourth-order valence-corrected chi connectivity index (χ4v) is 7.60. The van der Waals surface area contributed by atoms with Gasteiger partial charge in [0.25, 0.3) is 6.43 Å². The van der Waals surface area contributed by atoms with Crippen molar-refractivity contribution in [1.29, 1.82) is 0 Å². The van der Waals surface area contributed by atoms with Crippen molar-refractivity contribution in [2.45, 2.75) is 37.3 Å². The zero-order valence-electron chi connectivity index (χ0n) is 26.7. The van der Waals surface area contributed by atoms with Crippen LogP contribution in [0.25, 0.3) is 22.0 Å². The van der Waals surface area contributed by atoms with Gasteiger partial charge in [0.05, 0.1) is 39.8 Å². The first-order chi connectivity index (χ1) is 24.4. The van der Waals surface area contributed by atoms with Gasteiger partial charge in [0.1, 0.15) is 40.6 Å². The average Bonchev–Trinajstić information content (AvgIpc) is 3.57. The number of hydrogen-bond acceptors (Lipinski definition) is 6. The Labute approximate surface area is 301 Å². The monoisotopic (exact) mass is 781 g/mol. The number of sulfonamides is 1. The number of carbonyl (C=O) groups excluding carboxylic acids is 1. The molecule has 3 aromatic heterocycles. The van der Waals surface area contributed by atoms with E-state index in [2.05, 4.69) is 37.1 Å². The van der Waals surface area contributed by atoms with E-state index in [9.17, 15) is 30.8 Å². The van der Waals surface area contributed by atoms with E-state index in [1.165, 1.54) is 29.9 Å². The minimum absolute atomic E-state index is 0.0312. The number of alkyl halides is 4. The molecule has 3 heterocycles. The van der Waals surface area contributed by atoms with Crippen LogP contribution >= 0.6 is 23.2 Å². The number of aryl methyl sites for hydroxylation is 1. The third-order valence-corrected chi connectivity index (χ3v) is 9.78. The van der Waals surface area contributed by atoms with E-state index in [4.69, 9.17) is 23.2 Å². The van der Waals surface area contributed by atoms with E-state index < -0.39 is 81.3 Å². The van der Waals surface area contributed by atoms with Gasteiger partial charge in [0.15, 0.2) is 5.82 Å². The first-order valence-corrected chi connectivity index (χ1v) is 17.9. The predicted molar refractivity (Wildman–Crippen MR) is 178 cm³/mol. The standard InChI is InChI=1S/C33H23Cl2F6N7O3S/c1-47-29-18(4-7-21(34)26(29)32(45-47)46-52(2,50)51)17-5-8-23(35)43-27(17)22(11-14-9-15(36)12-16(37)10-14)42-24(49)13-48-30-25(28(44-48)31(38)39)19-3-6-20(19)33(30,40)41/h4-5,7-10,12,19-20,22,31H,11,13H2,1-2H3,(H,42,49)(H,45,46). The fourth-order valence-electron chi connectivity index (χ4n) is 6.71. The van der Waals surface area contributed by atoms with Gasteiger partial charge >= 0.3 is 5.92 Å². The summed E-state index contributed by atoms with van der Waals surface area (Å²) < 4.78 is 116. The summed E-state index contributed by atoms with van der Waals surface area (Å²) in [6.07, 6.45) is -2.61. The molecule has 0 spiro atoms. The molecule has 1 amide bonds. The smallest absolute Gasteiger partial charge is 0.304 e. The molecule has 3 unspecified atom stereocenters. The van der Waals surface area contributed by atoms with Crippen molar-refractivity contribution in [3.8, 4) is 23.0 Å². The first kappa shape index (κ1) is 35.6. The highest BCUT2D eigenvalue weighted by Gasteiger charge is 2.60. The molecule has 0 fully saturated rings. The molecule has 0 aliphatic heterocycles. The van der Waals surface area contributed by atoms with Crippen LogP contribution in [0.4, 0.5) is 32.2 Å². The number of pyridine rings is 1. The van der Waals surface area contributed by atoms with Crippen LogP contribution in [0.3, 0.4) is 0 Å². The number of benzene rings is 2. The quantitative estimate of drug-likeness (QED) is 0.0930. The minimum Gasteiger partial charge on any atom is -0.346 e. The number of aromatic nitrogens is 5. The molecular formula is C33H23Cl2F6N7O3S. The molecule has 3 atom stereocenters. The topological polar surface area (TPSA) is 124 Å². The van der Waals surface area contributed by atoms with Crippen LogP contribution in [0.1, 0.15) is 46.6 Å². The number of carbonyl (C=O) groups is 1. The molecule has 0 bridgehead atoms. The largest absolute Gasteiger partial charge is 0.346 e. The maximum absolute atomic E-state index is 15.4. The molecule has 0 saturated carbocycles. The Morgan fingerprint density at radius 3 is 2.35 bits per heavy atom. The van der Waals surface area contributed by atoms with Gasteiger partial charge < -0.3 is 5.32 Å². The second-order valence-corrected chi connectivity index (χ2v) is 14.8. The van der Waals surface area contributed by atoms with E-state index in [1.54, 1.807) is 6.07 Å². The number of amides is 1. The maximum atomic E-state index is 15.4. The number of halogens is 8. The maximum Gasteiger partial charge on any atom is 0.304 e. The Morgan fingerprint density at radius 2 is 1.71 bits per heavy atom. The van der Waals surface area contributed by atoms with Crippen molar-refractivity contribution < 1.29 is 39.6 Å². The van der Waals surface area contributed by atoms with Gasteiger partial charge in [-0.2, -0.15) is 19.0 Å². The normalized spacial score (nSPS) is 17.7. The first-order valence-electron chi connectivity index (χ1n) is 15.2. The molecule has 2 N–H and O–H groups in total. The highest BCUT2D eigenvalue weighted by atomic mass is 35.5. The van der Waals surface area contributed by atoms with Crippen molar-refractivity contribution in [3.05, 3.63) is 92.5 Å². The predicted octanol–water partition coefficient (Wildman–Crippen LogP) is 6.65. The van der Waals surface area contributed by atoms with Crippen molar-refractivity contribution in [3.63, 3.8) is 0 Å². The van der Waals surface area contributed by atoms with E-state index in [-0.39, 0.29) is 44.6 Å². The summed E-state index contributed by atoms with van der Waals surface area (Å²) >= 11 is 12.8. The molecule has 19 heteroatoms. The minimum atomic E-state index is -3.80. The molecule has 2 aliphatic carbocycles. The second kappa shape index (κ2) is 12.7. The Bertz CT molecular complexity index is 2480. The molecule has 10 nitrogen and oxygen atoms in total. The Kier molecular flexibility index (Phi) is 8.70. The van der Waals surface area contributed by atoms with E-state index in [0.717, 1.165) is 18.4 Å². The summed E-state index contributed by atoms with van der Waals surface area (Å²) in [4.78, 5) is 18.2. The van der Waals surface area contributed by atoms with Crippen molar-refractivity contribution in [2.75, 3.05) is 11.0 Å². The lowest BCUT2D eigenvalue weighted by Crippen LogP contribution is -2.35. The van der Waals surface area contributed by atoms with Gasteiger partial charge in [0, 0.05) is 29.8 Å². The Morgan fingerprint density at radius 1 is 1.02 bits per heavy atom. The third-order valence-electron chi connectivity index (χ3n) is 8.69. The SMILES string of the molecule is Cn1nc(NS(C)(=O)=O)c2c(Cl)ccc(-c3ccc(Cl)nc3C(Cc3cc(F)cc(F)c3)NC(=O)Cn3nc(C(F)F)c4c3C(F)(F)C3C#CC43)c21. The van der Waals surface area contributed by atoms with Gasteiger partial charge in [-0.3, -0.25) is 18.9 Å². The summed E-state index contributed by atoms with van der Waals surface area (Å²) in [6, 6.07) is 7.39. The van der Waals surface area contributed by atoms with Crippen LogP contribution in [0.2, 0.25) is 10.2 Å². The van der Waals surface area contributed by atoms with Crippen LogP contribution in [0, 0.1) is 29.4 Å². The van der Waals surface area contributed by atoms with Gasteiger partial charge in [-0.05, 0) is 42.3 Å². The van der Waals surface area contributed by atoms with E-state index in [0.29, 0.717) is 21.8 Å². The Hall–Kier alpha value is -4.79. The van der Waals surface area contributed by atoms with Crippen LogP contribution in [-0.4, -0.2) is 45.1 Å². The number of fused-ring (bicyclic) bond motifs is 4. The summed E-state index contributed by atoms with van der Waals surface area (Å²) in [6.45, 7) is -0.943. The van der Waals surface area contributed by atoms with Crippen LogP contribution in [0.15, 0.2) is 42.5 Å². The lowest BCUT2D eigenvalue weighted by molar-refractivity contribution is -0.123. The zero-order valence-corrected chi connectivity index (χ0v) is 29.0. The molecule has 0 radical (unpaired) electrons. The molecule has 2 aliphatic rings. The summed E-state index contributed by atoms with van der Waals surface area (Å²) in [5, 5.41) is 10.9. The van der Waals surface area contributed by atoms with Gasteiger partial charge in [-0.15, -0.1) is 0 Å². The molecule has 0 saturated heterocycles. The number of hydrogen-bond donors (Lipinski definition) is 2. The molecular weight excluding hydrogens is 759 g/mol. The Balaban J connectivity index is 1.33. The number of nitrogens with zero attached hydrogens (tertiary/aromatic N) is 5. The number of nitrogens with one attached hydrogen (secondary N) is 2. The average molecular weight is 783 g/mol. The third kappa shape index (κ3) is 6.22. The molecule has 270 valence electrons.